The lowest BCUT2D eigenvalue weighted by Gasteiger charge is -2.26. The zero-order chi connectivity index (χ0) is 13.8. The number of ether oxygens (including phenoxy) is 2. The molecule has 0 aliphatic carbocycles. The van der Waals surface area contributed by atoms with Gasteiger partial charge < -0.3 is 9.47 Å². The Morgan fingerprint density at radius 1 is 1.58 bits per heavy atom. The fraction of sp³-hybridized carbons (Fsp3) is 0.571. The summed E-state index contributed by atoms with van der Waals surface area (Å²) < 4.78 is 11.1. The molecule has 1 fully saturated rings. The number of hydrazine groups is 1. The molecule has 1 aromatic carbocycles. The number of benzene rings is 1. The smallest absolute Gasteiger partial charge is 0.122 e. The van der Waals surface area contributed by atoms with Gasteiger partial charge in [0.15, 0.2) is 0 Å². The lowest BCUT2D eigenvalue weighted by atomic mass is 9.93. The van der Waals surface area contributed by atoms with Crippen LogP contribution in [-0.4, -0.2) is 25.9 Å². The topological polar surface area (TPSA) is 56.5 Å². The molecule has 1 saturated heterocycles. The van der Waals surface area contributed by atoms with Gasteiger partial charge in [0.05, 0.1) is 19.3 Å². The van der Waals surface area contributed by atoms with E-state index < -0.39 is 0 Å². The number of nitrogens with two attached hydrogens (primary N) is 1. The van der Waals surface area contributed by atoms with Crippen LogP contribution in [0.2, 0.25) is 5.02 Å². The van der Waals surface area contributed by atoms with Gasteiger partial charge in [-0.25, -0.2) is 0 Å². The molecule has 0 bridgehead atoms. The van der Waals surface area contributed by atoms with Crippen molar-refractivity contribution in [2.45, 2.75) is 31.9 Å². The molecule has 1 heterocycles. The van der Waals surface area contributed by atoms with Gasteiger partial charge in [0.1, 0.15) is 5.75 Å². The van der Waals surface area contributed by atoms with Gasteiger partial charge in [-0.3, -0.25) is 11.3 Å². The van der Waals surface area contributed by atoms with Gasteiger partial charge in [-0.1, -0.05) is 18.5 Å². The van der Waals surface area contributed by atoms with Crippen LogP contribution in [0.1, 0.15) is 18.9 Å². The minimum atomic E-state index is 0.0601. The lowest BCUT2D eigenvalue weighted by Crippen LogP contribution is -2.47. The number of hydrogen-bond acceptors (Lipinski definition) is 4. The number of rotatable bonds is 5. The van der Waals surface area contributed by atoms with E-state index in [2.05, 4.69) is 12.3 Å². The second-order valence-electron chi connectivity index (χ2n) is 5.03. The maximum Gasteiger partial charge on any atom is 0.122 e. The highest BCUT2D eigenvalue weighted by Gasteiger charge is 2.32. The minimum Gasteiger partial charge on any atom is -0.496 e. The van der Waals surface area contributed by atoms with E-state index in [1.807, 2.05) is 18.2 Å². The average Bonchev–Trinajstić information content (AvgIpc) is 2.82. The second-order valence-corrected chi connectivity index (χ2v) is 5.47. The third kappa shape index (κ3) is 3.39. The molecule has 0 saturated carbocycles. The molecule has 4 nitrogen and oxygen atoms in total. The van der Waals surface area contributed by atoms with E-state index in [-0.39, 0.29) is 12.1 Å². The first kappa shape index (κ1) is 14.6. The molecular formula is C14H21ClN2O2. The summed E-state index contributed by atoms with van der Waals surface area (Å²) in [5.41, 5.74) is 3.91. The predicted octanol–water partition coefficient (Wildman–Crippen LogP) is 2.15. The standard InChI is InChI=1S/C14H21ClN2O2/c1-9-5-6-19-14(9)12(17-16)8-10-7-11(15)3-4-13(10)18-2/h3-4,7,9,12,14,17H,5-6,8,16H2,1-2H3. The van der Waals surface area contributed by atoms with Crippen molar-refractivity contribution in [1.82, 2.24) is 5.43 Å². The highest BCUT2D eigenvalue weighted by atomic mass is 35.5. The van der Waals surface area contributed by atoms with Crippen LogP contribution in [0.15, 0.2) is 18.2 Å². The van der Waals surface area contributed by atoms with Crippen LogP contribution in [0.4, 0.5) is 0 Å². The first-order chi connectivity index (χ1) is 9.15. The Balaban J connectivity index is 2.15. The van der Waals surface area contributed by atoms with E-state index >= 15 is 0 Å². The van der Waals surface area contributed by atoms with Gasteiger partial charge in [-0.15, -0.1) is 0 Å². The Morgan fingerprint density at radius 3 is 2.95 bits per heavy atom. The van der Waals surface area contributed by atoms with Gasteiger partial charge in [0.25, 0.3) is 0 Å². The Hall–Kier alpha value is -0.810. The van der Waals surface area contributed by atoms with Crippen molar-refractivity contribution >= 4 is 11.6 Å². The Labute approximate surface area is 119 Å². The summed E-state index contributed by atoms with van der Waals surface area (Å²) in [5.74, 6) is 7.02. The van der Waals surface area contributed by atoms with Crippen molar-refractivity contribution in [3.63, 3.8) is 0 Å². The molecule has 3 atom stereocenters. The fourth-order valence-electron chi connectivity index (χ4n) is 2.64. The zero-order valence-electron chi connectivity index (χ0n) is 11.4. The summed E-state index contributed by atoms with van der Waals surface area (Å²) in [5, 5.41) is 0.701. The quantitative estimate of drug-likeness (QED) is 0.643. The van der Waals surface area contributed by atoms with E-state index in [0.29, 0.717) is 10.9 Å². The SMILES string of the molecule is COc1ccc(Cl)cc1CC(NN)C1OCCC1C. The highest BCUT2D eigenvalue weighted by Crippen LogP contribution is 2.28. The number of nitrogens with one attached hydrogen (secondary N) is 1. The summed E-state index contributed by atoms with van der Waals surface area (Å²) in [6, 6.07) is 5.68. The normalized spacial score (nSPS) is 24.4. The Kier molecular flexibility index (Phi) is 5.05. The van der Waals surface area contributed by atoms with Crippen LogP contribution < -0.4 is 16.0 Å². The van der Waals surface area contributed by atoms with Crippen molar-refractivity contribution in [1.29, 1.82) is 0 Å². The third-order valence-electron chi connectivity index (χ3n) is 3.74. The molecule has 3 unspecified atom stereocenters. The molecule has 0 amide bonds. The molecule has 0 spiro atoms. The van der Waals surface area contributed by atoms with Gasteiger partial charge in [0.2, 0.25) is 0 Å². The number of hydrogen-bond donors (Lipinski definition) is 2. The van der Waals surface area contributed by atoms with E-state index in [1.165, 1.54) is 0 Å². The van der Waals surface area contributed by atoms with Crippen molar-refractivity contribution in [2.75, 3.05) is 13.7 Å². The first-order valence-corrected chi connectivity index (χ1v) is 6.93. The van der Waals surface area contributed by atoms with Crippen LogP contribution in [0.25, 0.3) is 0 Å². The van der Waals surface area contributed by atoms with Crippen molar-refractivity contribution in [3.05, 3.63) is 28.8 Å². The first-order valence-electron chi connectivity index (χ1n) is 6.56. The fourth-order valence-corrected chi connectivity index (χ4v) is 2.84. The van der Waals surface area contributed by atoms with Crippen LogP contribution in [0, 0.1) is 5.92 Å². The Bertz CT molecular complexity index is 428. The molecular weight excluding hydrogens is 264 g/mol. The molecule has 3 N–H and O–H groups in total. The van der Waals surface area contributed by atoms with Gasteiger partial charge >= 0.3 is 0 Å². The van der Waals surface area contributed by atoms with Crippen molar-refractivity contribution in [2.24, 2.45) is 11.8 Å². The average molecular weight is 285 g/mol. The third-order valence-corrected chi connectivity index (χ3v) is 3.97. The lowest BCUT2D eigenvalue weighted by molar-refractivity contribution is 0.0609. The van der Waals surface area contributed by atoms with Crippen LogP contribution >= 0.6 is 11.6 Å². The van der Waals surface area contributed by atoms with E-state index in [1.54, 1.807) is 7.11 Å². The summed E-state index contributed by atoms with van der Waals surface area (Å²) in [6.45, 7) is 2.99. The molecule has 1 aromatic rings. The predicted molar refractivity (Wildman–Crippen MR) is 76.3 cm³/mol. The molecule has 19 heavy (non-hydrogen) atoms. The van der Waals surface area contributed by atoms with Crippen LogP contribution in [-0.2, 0) is 11.2 Å². The maximum atomic E-state index is 6.05. The second kappa shape index (κ2) is 6.57. The Morgan fingerprint density at radius 2 is 2.37 bits per heavy atom. The molecule has 2 rings (SSSR count). The van der Waals surface area contributed by atoms with Crippen molar-refractivity contribution in [3.8, 4) is 5.75 Å². The molecule has 0 aromatic heterocycles. The summed E-state index contributed by atoms with van der Waals surface area (Å²) >= 11 is 6.05. The minimum absolute atomic E-state index is 0.0601. The zero-order valence-corrected chi connectivity index (χ0v) is 12.1. The highest BCUT2D eigenvalue weighted by molar-refractivity contribution is 6.30. The maximum absolute atomic E-state index is 6.05. The molecule has 1 aliphatic rings. The summed E-state index contributed by atoms with van der Waals surface area (Å²) in [4.78, 5) is 0. The monoisotopic (exact) mass is 284 g/mol. The molecule has 0 radical (unpaired) electrons. The summed E-state index contributed by atoms with van der Waals surface area (Å²) in [7, 11) is 1.66. The number of halogens is 1. The van der Waals surface area contributed by atoms with Gasteiger partial charge in [-0.2, -0.15) is 0 Å². The molecule has 1 aliphatic heterocycles. The summed E-state index contributed by atoms with van der Waals surface area (Å²) in [6.07, 6.45) is 1.94. The largest absolute Gasteiger partial charge is 0.496 e. The van der Waals surface area contributed by atoms with Gasteiger partial charge in [-0.05, 0) is 42.5 Å². The van der Waals surface area contributed by atoms with E-state index in [4.69, 9.17) is 26.9 Å². The van der Waals surface area contributed by atoms with Gasteiger partial charge in [0, 0.05) is 11.6 Å². The van der Waals surface area contributed by atoms with Crippen LogP contribution in [0.3, 0.4) is 0 Å². The molecule has 106 valence electrons. The van der Waals surface area contributed by atoms with E-state index in [9.17, 15) is 0 Å². The van der Waals surface area contributed by atoms with Crippen molar-refractivity contribution < 1.29 is 9.47 Å². The van der Waals surface area contributed by atoms with Crippen LogP contribution in [0.5, 0.6) is 5.75 Å². The molecule has 5 heteroatoms. The van der Waals surface area contributed by atoms with E-state index in [0.717, 1.165) is 30.8 Å². The number of methoxy groups -OCH3 is 1.